The largest absolute Gasteiger partial charge is 0.508 e. The predicted octanol–water partition coefficient (Wildman–Crippen LogP) is 7.19. The van der Waals surface area contributed by atoms with Crippen molar-refractivity contribution >= 4 is 11.8 Å². The average Bonchev–Trinajstić information content (AvgIpc) is 3.40. The first-order valence-corrected chi connectivity index (χ1v) is 14.6. The molecule has 2 aliphatic carbocycles. The van der Waals surface area contributed by atoms with E-state index in [1.807, 2.05) is 13.0 Å². The smallest absolute Gasteiger partial charge is 0.336 e. The summed E-state index contributed by atoms with van der Waals surface area (Å²) in [7, 11) is 0. The van der Waals surface area contributed by atoms with E-state index in [4.69, 9.17) is 4.74 Å². The molecule has 0 bridgehead atoms. The molecule has 5 heteroatoms. The summed E-state index contributed by atoms with van der Waals surface area (Å²) in [6.07, 6.45) is 7.87. The van der Waals surface area contributed by atoms with Crippen LogP contribution in [0.4, 0.5) is 0 Å². The van der Waals surface area contributed by atoms with Crippen molar-refractivity contribution in [3.63, 3.8) is 0 Å². The highest BCUT2D eigenvalue weighted by molar-refractivity contribution is 6.04. The number of aromatic hydroxyl groups is 1. The minimum absolute atomic E-state index is 0.0538. The number of Topliss-reactive ketones (excluding diaryl/α,β-unsaturated/α-hetero) is 1. The molecule has 3 aliphatic rings. The number of esters is 1. The van der Waals surface area contributed by atoms with Crippen LogP contribution in [-0.4, -0.2) is 23.5 Å². The van der Waals surface area contributed by atoms with Crippen LogP contribution in [0.5, 0.6) is 5.75 Å². The molecule has 2 aromatic rings. The van der Waals surface area contributed by atoms with Gasteiger partial charge in [0.2, 0.25) is 0 Å². The number of hydrogen-bond donors (Lipinski definition) is 2. The van der Waals surface area contributed by atoms with Crippen molar-refractivity contribution in [1.29, 1.82) is 0 Å². The number of dihydropyridines is 1. The number of nitrogens with one attached hydrogen (secondary N) is 1. The minimum atomic E-state index is -0.556. The lowest BCUT2D eigenvalue weighted by molar-refractivity contribution is -0.138. The van der Waals surface area contributed by atoms with Crippen molar-refractivity contribution in [2.45, 2.75) is 90.9 Å². The zero-order valence-electron chi connectivity index (χ0n) is 23.7. The van der Waals surface area contributed by atoms with Crippen LogP contribution in [0.2, 0.25) is 0 Å². The molecule has 1 aliphatic heterocycles. The standard InChI is InChI=1S/C34H41NO4/c1-5-39-34(38)33-27(14-13-23-9-6-7-10-23)35-28-18-25(30-21(3)15-20(2)16-22(30)4)19-29(37)32(28)31(33)24-11-8-12-26(36)17-24/h8,11-12,15-17,23,25,31,35-36H,5-7,9-10,13-14,18-19H2,1-4H3. The molecule has 1 fully saturated rings. The van der Waals surface area contributed by atoms with Gasteiger partial charge in [0.15, 0.2) is 5.78 Å². The molecule has 2 N–H and O–H groups in total. The Morgan fingerprint density at radius 2 is 1.77 bits per heavy atom. The Morgan fingerprint density at radius 1 is 1.05 bits per heavy atom. The number of carbonyl (C=O) groups is 2. The molecule has 2 unspecified atom stereocenters. The molecule has 2 aromatic carbocycles. The van der Waals surface area contributed by atoms with Gasteiger partial charge in [0.1, 0.15) is 5.75 Å². The third-order valence-electron chi connectivity index (χ3n) is 8.83. The maximum absolute atomic E-state index is 14.0. The Morgan fingerprint density at radius 3 is 2.44 bits per heavy atom. The highest BCUT2D eigenvalue weighted by atomic mass is 16.5. The zero-order chi connectivity index (χ0) is 27.7. The summed E-state index contributed by atoms with van der Waals surface area (Å²) >= 11 is 0. The van der Waals surface area contributed by atoms with Crippen LogP contribution in [0.15, 0.2) is 58.9 Å². The molecule has 0 amide bonds. The molecule has 0 aromatic heterocycles. The van der Waals surface area contributed by atoms with Crippen molar-refractivity contribution in [3.8, 4) is 5.75 Å². The van der Waals surface area contributed by atoms with Gasteiger partial charge in [-0.05, 0) is 93.2 Å². The van der Waals surface area contributed by atoms with E-state index >= 15 is 0 Å². The normalized spacial score (nSPS) is 21.7. The van der Waals surface area contributed by atoms with Crippen molar-refractivity contribution in [3.05, 3.63) is 86.8 Å². The fraction of sp³-hybridized carbons (Fsp3) is 0.471. The van der Waals surface area contributed by atoms with Gasteiger partial charge in [0, 0.05) is 29.3 Å². The molecule has 1 heterocycles. The number of rotatable bonds is 7. The molecule has 5 nitrogen and oxygen atoms in total. The summed E-state index contributed by atoms with van der Waals surface area (Å²) in [5, 5.41) is 14.0. The fourth-order valence-electron chi connectivity index (χ4n) is 7.32. The van der Waals surface area contributed by atoms with Crippen LogP contribution in [-0.2, 0) is 14.3 Å². The van der Waals surface area contributed by atoms with Crippen molar-refractivity contribution in [2.75, 3.05) is 6.61 Å². The highest BCUT2D eigenvalue weighted by Gasteiger charge is 2.42. The van der Waals surface area contributed by atoms with Crippen molar-refractivity contribution in [2.24, 2.45) is 5.92 Å². The SMILES string of the molecule is CCOC(=O)C1=C(CCC2CCCC2)NC2=C(C(=O)CC(c3c(C)cc(C)cc3C)C2)C1c1cccc(O)c1. The van der Waals surface area contributed by atoms with E-state index in [0.29, 0.717) is 29.9 Å². The second-order valence-corrected chi connectivity index (χ2v) is 11.7. The van der Waals surface area contributed by atoms with Crippen LogP contribution >= 0.6 is 0 Å². The third-order valence-corrected chi connectivity index (χ3v) is 8.83. The van der Waals surface area contributed by atoms with Gasteiger partial charge in [-0.25, -0.2) is 4.79 Å². The Kier molecular flexibility index (Phi) is 7.97. The number of aryl methyl sites for hydroxylation is 3. The second-order valence-electron chi connectivity index (χ2n) is 11.7. The van der Waals surface area contributed by atoms with Gasteiger partial charge >= 0.3 is 5.97 Å². The first-order valence-electron chi connectivity index (χ1n) is 14.6. The predicted molar refractivity (Wildman–Crippen MR) is 153 cm³/mol. The van der Waals surface area contributed by atoms with E-state index in [0.717, 1.165) is 29.8 Å². The van der Waals surface area contributed by atoms with Gasteiger partial charge in [-0.15, -0.1) is 0 Å². The van der Waals surface area contributed by atoms with Gasteiger partial charge in [-0.2, -0.15) is 0 Å². The molecule has 1 saturated carbocycles. The highest BCUT2D eigenvalue weighted by Crippen LogP contribution is 2.48. The number of phenolic OH excluding ortho intramolecular Hbond substituents is 1. The number of benzene rings is 2. The van der Waals surface area contributed by atoms with Crippen molar-refractivity contribution < 1.29 is 19.4 Å². The van der Waals surface area contributed by atoms with Gasteiger partial charge in [0.05, 0.1) is 12.2 Å². The first-order chi connectivity index (χ1) is 18.8. The maximum atomic E-state index is 14.0. The Bertz CT molecular complexity index is 1320. The fourth-order valence-corrected chi connectivity index (χ4v) is 7.32. The average molecular weight is 528 g/mol. The monoisotopic (exact) mass is 527 g/mol. The lowest BCUT2D eigenvalue weighted by atomic mass is 9.70. The van der Waals surface area contributed by atoms with Crippen molar-refractivity contribution in [1.82, 2.24) is 5.32 Å². The van der Waals surface area contributed by atoms with E-state index in [1.54, 1.807) is 18.2 Å². The van der Waals surface area contributed by atoms with E-state index in [-0.39, 0.29) is 30.0 Å². The number of hydrogen-bond acceptors (Lipinski definition) is 5. The van der Waals surface area contributed by atoms with Gasteiger partial charge in [-0.3, -0.25) is 4.79 Å². The van der Waals surface area contributed by atoms with Crippen LogP contribution in [0.3, 0.4) is 0 Å². The Hall–Kier alpha value is -3.34. The van der Waals surface area contributed by atoms with Gasteiger partial charge in [0.25, 0.3) is 0 Å². The van der Waals surface area contributed by atoms with Crippen LogP contribution in [0.1, 0.15) is 97.9 Å². The van der Waals surface area contributed by atoms with Crippen LogP contribution < -0.4 is 5.32 Å². The number of allylic oxidation sites excluding steroid dienone is 3. The topological polar surface area (TPSA) is 75.6 Å². The van der Waals surface area contributed by atoms with Crippen LogP contribution in [0, 0.1) is 26.7 Å². The molecule has 0 saturated heterocycles. The molecule has 39 heavy (non-hydrogen) atoms. The summed E-state index contributed by atoms with van der Waals surface area (Å²) in [5.41, 5.74) is 8.63. The third kappa shape index (κ3) is 5.54. The number of ketones is 1. The quantitative estimate of drug-likeness (QED) is 0.373. The summed E-state index contributed by atoms with van der Waals surface area (Å²) in [6, 6.07) is 11.4. The molecule has 206 valence electrons. The summed E-state index contributed by atoms with van der Waals surface area (Å²) < 4.78 is 5.58. The Balaban J connectivity index is 1.60. The molecule has 0 radical (unpaired) electrons. The van der Waals surface area contributed by atoms with E-state index < -0.39 is 5.92 Å². The zero-order valence-corrected chi connectivity index (χ0v) is 23.7. The van der Waals surface area contributed by atoms with Gasteiger partial charge < -0.3 is 15.2 Å². The molecular weight excluding hydrogens is 486 g/mol. The van der Waals surface area contributed by atoms with E-state index in [9.17, 15) is 14.7 Å². The van der Waals surface area contributed by atoms with Crippen LogP contribution in [0.25, 0.3) is 0 Å². The first kappa shape index (κ1) is 27.2. The lowest BCUT2D eigenvalue weighted by Gasteiger charge is -2.38. The summed E-state index contributed by atoms with van der Waals surface area (Å²) in [5.74, 6) is -0.0227. The summed E-state index contributed by atoms with van der Waals surface area (Å²) in [4.78, 5) is 27.6. The lowest BCUT2D eigenvalue weighted by Crippen LogP contribution is -2.37. The number of carbonyl (C=O) groups excluding carboxylic acids is 2. The Labute approximate surface area is 232 Å². The second kappa shape index (κ2) is 11.4. The van der Waals surface area contributed by atoms with E-state index in [2.05, 4.69) is 38.2 Å². The van der Waals surface area contributed by atoms with E-state index in [1.165, 1.54) is 47.9 Å². The molecular formula is C34H41NO4. The van der Waals surface area contributed by atoms with Gasteiger partial charge in [-0.1, -0.05) is 55.5 Å². The minimum Gasteiger partial charge on any atom is -0.508 e. The molecule has 5 rings (SSSR count). The number of ether oxygens (including phenoxy) is 1. The molecule has 2 atom stereocenters. The molecule has 0 spiro atoms. The summed E-state index contributed by atoms with van der Waals surface area (Å²) in [6.45, 7) is 8.46. The number of phenols is 1. The maximum Gasteiger partial charge on any atom is 0.336 e.